The summed E-state index contributed by atoms with van der Waals surface area (Å²) in [5.74, 6) is 1.31. The second kappa shape index (κ2) is 9.64. The van der Waals surface area contributed by atoms with Crippen LogP contribution in [0, 0.1) is 0 Å². The molecule has 0 aliphatic rings. The molecule has 0 unspecified atom stereocenters. The first kappa shape index (κ1) is 17.9. The maximum atomic E-state index is 5.79. The van der Waals surface area contributed by atoms with Crippen molar-refractivity contribution in [3.05, 3.63) is 48.5 Å². The Morgan fingerprint density at radius 3 is 1.54 bits per heavy atom. The minimum Gasteiger partial charge on any atom is -0.489 e. The standard InChI is InChI=1S/C18H24N2O4/c1-14(21-10-12-23-17-8-4-2-6-15(17)19)22-11-13-24-18-9-5-3-7-16(18)20/h2-9,14H,10-13,19-20H2,1H3. The molecule has 0 atom stereocenters. The van der Waals surface area contributed by atoms with Crippen molar-refractivity contribution >= 4 is 11.4 Å². The topological polar surface area (TPSA) is 89.0 Å². The van der Waals surface area contributed by atoms with Gasteiger partial charge in [0.25, 0.3) is 0 Å². The fourth-order valence-corrected chi connectivity index (χ4v) is 2.00. The summed E-state index contributed by atoms with van der Waals surface area (Å²) in [4.78, 5) is 0. The van der Waals surface area contributed by atoms with E-state index in [-0.39, 0.29) is 6.29 Å². The molecule has 0 spiro atoms. The fourth-order valence-electron chi connectivity index (χ4n) is 2.00. The van der Waals surface area contributed by atoms with Crippen LogP contribution < -0.4 is 20.9 Å². The van der Waals surface area contributed by atoms with Gasteiger partial charge in [0, 0.05) is 0 Å². The fraction of sp³-hybridized carbons (Fsp3) is 0.333. The lowest BCUT2D eigenvalue weighted by molar-refractivity contribution is -0.138. The van der Waals surface area contributed by atoms with Crippen LogP contribution in [0.3, 0.4) is 0 Å². The minimum atomic E-state index is -0.349. The molecule has 2 aromatic rings. The van der Waals surface area contributed by atoms with Crippen LogP contribution in [-0.4, -0.2) is 32.7 Å². The lowest BCUT2D eigenvalue weighted by atomic mass is 10.3. The largest absolute Gasteiger partial charge is 0.489 e. The van der Waals surface area contributed by atoms with Crippen molar-refractivity contribution in [2.24, 2.45) is 0 Å². The van der Waals surface area contributed by atoms with Gasteiger partial charge in [0.2, 0.25) is 0 Å². The van der Waals surface area contributed by atoms with E-state index in [0.717, 1.165) is 0 Å². The molecule has 2 aromatic carbocycles. The molecule has 0 heterocycles. The van der Waals surface area contributed by atoms with Gasteiger partial charge in [-0.15, -0.1) is 0 Å². The molecule has 0 saturated carbocycles. The smallest absolute Gasteiger partial charge is 0.155 e. The zero-order valence-electron chi connectivity index (χ0n) is 13.8. The van der Waals surface area contributed by atoms with Gasteiger partial charge in [-0.1, -0.05) is 24.3 Å². The summed E-state index contributed by atoms with van der Waals surface area (Å²) in [6.45, 7) is 3.44. The summed E-state index contributed by atoms with van der Waals surface area (Å²) in [6.07, 6.45) is -0.349. The van der Waals surface area contributed by atoms with Crippen molar-refractivity contribution in [2.45, 2.75) is 13.2 Å². The molecule has 0 bridgehead atoms. The predicted octanol–water partition coefficient (Wildman–Crippen LogP) is 2.69. The van der Waals surface area contributed by atoms with Crippen LogP contribution in [0.2, 0.25) is 0 Å². The van der Waals surface area contributed by atoms with E-state index in [0.29, 0.717) is 49.3 Å². The van der Waals surface area contributed by atoms with E-state index >= 15 is 0 Å². The predicted molar refractivity (Wildman–Crippen MR) is 94.1 cm³/mol. The maximum Gasteiger partial charge on any atom is 0.155 e. The average Bonchev–Trinajstić information content (AvgIpc) is 2.58. The summed E-state index contributed by atoms with van der Waals surface area (Å²) >= 11 is 0. The number of ether oxygens (including phenoxy) is 4. The van der Waals surface area contributed by atoms with Crippen LogP contribution in [0.1, 0.15) is 6.92 Å². The van der Waals surface area contributed by atoms with E-state index in [1.165, 1.54) is 0 Å². The van der Waals surface area contributed by atoms with E-state index < -0.39 is 0 Å². The Labute approximate surface area is 142 Å². The molecule has 130 valence electrons. The SMILES string of the molecule is CC(OCCOc1ccccc1N)OCCOc1ccccc1N. The molecule has 0 aliphatic heterocycles. The highest BCUT2D eigenvalue weighted by molar-refractivity contribution is 5.52. The Bertz CT molecular complexity index is 568. The third kappa shape index (κ3) is 5.98. The lowest BCUT2D eigenvalue weighted by Gasteiger charge is -2.15. The van der Waals surface area contributed by atoms with E-state index in [2.05, 4.69) is 0 Å². The number of para-hydroxylation sites is 4. The molecular weight excluding hydrogens is 308 g/mol. The highest BCUT2D eigenvalue weighted by Crippen LogP contribution is 2.20. The summed E-state index contributed by atoms with van der Waals surface area (Å²) in [5, 5.41) is 0. The number of hydrogen-bond donors (Lipinski definition) is 2. The zero-order valence-corrected chi connectivity index (χ0v) is 13.8. The maximum absolute atomic E-state index is 5.79. The van der Waals surface area contributed by atoms with Crippen molar-refractivity contribution in [3.63, 3.8) is 0 Å². The Kier molecular flexibility index (Phi) is 7.20. The van der Waals surface area contributed by atoms with Gasteiger partial charge >= 0.3 is 0 Å². The van der Waals surface area contributed by atoms with E-state index in [9.17, 15) is 0 Å². The van der Waals surface area contributed by atoms with Crippen LogP contribution in [0.5, 0.6) is 11.5 Å². The van der Waals surface area contributed by atoms with Crippen LogP contribution in [0.25, 0.3) is 0 Å². The van der Waals surface area contributed by atoms with Crippen molar-refractivity contribution in [1.29, 1.82) is 0 Å². The Morgan fingerprint density at radius 2 is 1.12 bits per heavy atom. The molecule has 0 aromatic heterocycles. The first-order valence-corrected chi connectivity index (χ1v) is 7.84. The second-order valence-electron chi connectivity index (χ2n) is 5.08. The number of hydrogen-bond acceptors (Lipinski definition) is 6. The van der Waals surface area contributed by atoms with Gasteiger partial charge in [0.1, 0.15) is 24.7 Å². The van der Waals surface area contributed by atoms with Gasteiger partial charge in [-0.25, -0.2) is 0 Å². The van der Waals surface area contributed by atoms with Crippen LogP contribution >= 0.6 is 0 Å². The Hall–Kier alpha value is -2.44. The van der Waals surface area contributed by atoms with Gasteiger partial charge < -0.3 is 30.4 Å². The van der Waals surface area contributed by atoms with Gasteiger partial charge in [0.15, 0.2) is 6.29 Å². The number of rotatable bonds is 10. The zero-order chi connectivity index (χ0) is 17.2. The van der Waals surface area contributed by atoms with Crippen molar-refractivity contribution in [3.8, 4) is 11.5 Å². The molecule has 0 aliphatic carbocycles. The quantitative estimate of drug-likeness (QED) is 0.395. The summed E-state index contributed by atoms with van der Waals surface area (Å²) < 4.78 is 22.1. The molecule has 0 fully saturated rings. The molecule has 0 saturated heterocycles. The summed E-state index contributed by atoms with van der Waals surface area (Å²) in [6, 6.07) is 14.7. The molecule has 4 N–H and O–H groups in total. The molecule has 0 radical (unpaired) electrons. The first-order chi connectivity index (χ1) is 11.7. The van der Waals surface area contributed by atoms with Gasteiger partial charge in [-0.05, 0) is 31.2 Å². The van der Waals surface area contributed by atoms with Crippen molar-refractivity contribution in [2.75, 3.05) is 37.9 Å². The normalized spacial score (nSPS) is 10.8. The third-order valence-electron chi connectivity index (χ3n) is 3.22. The van der Waals surface area contributed by atoms with Gasteiger partial charge in [-0.3, -0.25) is 0 Å². The third-order valence-corrected chi connectivity index (χ3v) is 3.22. The van der Waals surface area contributed by atoms with Gasteiger partial charge in [0.05, 0.1) is 24.6 Å². The second-order valence-corrected chi connectivity index (χ2v) is 5.08. The lowest BCUT2D eigenvalue weighted by Crippen LogP contribution is -2.20. The monoisotopic (exact) mass is 332 g/mol. The molecule has 6 nitrogen and oxygen atoms in total. The van der Waals surface area contributed by atoms with Crippen molar-refractivity contribution < 1.29 is 18.9 Å². The molecule has 6 heteroatoms. The van der Waals surface area contributed by atoms with Crippen LogP contribution in [0.15, 0.2) is 48.5 Å². The van der Waals surface area contributed by atoms with Gasteiger partial charge in [-0.2, -0.15) is 0 Å². The molecule has 0 amide bonds. The average molecular weight is 332 g/mol. The molecular formula is C18H24N2O4. The van der Waals surface area contributed by atoms with Crippen LogP contribution in [0.4, 0.5) is 11.4 Å². The molecule has 2 rings (SSSR count). The number of nitrogens with two attached hydrogens (primary N) is 2. The molecule has 24 heavy (non-hydrogen) atoms. The summed E-state index contributed by atoms with van der Waals surface area (Å²) in [5.41, 5.74) is 12.8. The Balaban J connectivity index is 1.55. The highest BCUT2D eigenvalue weighted by Gasteiger charge is 2.04. The number of nitrogen functional groups attached to an aromatic ring is 2. The summed E-state index contributed by atoms with van der Waals surface area (Å²) in [7, 11) is 0. The highest BCUT2D eigenvalue weighted by atomic mass is 16.7. The first-order valence-electron chi connectivity index (χ1n) is 7.84. The van der Waals surface area contributed by atoms with E-state index in [4.69, 9.17) is 30.4 Å². The Morgan fingerprint density at radius 1 is 0.708 bits per heavy atom. The number of anilines is 2. The minimum absolute atomic E-state index is 0.349. The van der Waals surface area contributed by atoms with Crippen molar-refractivity contribution in [1.82, 2.24) is 0 Å². The van der Waals surface area contributed by atoms with E-state index in [1.807, 2.05) is 43.3 Å². The van der Waals surface area contributed by atoms with Crippen LogP contribution in [-0.2, 0) is 9.47 Å². The van der Waals surface area contributed by atoms with E-state index in [1.54, 1.807) is 12.1 Å². The number of benzene rings is 2.